The number of carbonyl (C=O) groups excluding carboxylic acids is 2. The van der Waals surface area contributed by atoms with Gasteiger partial charge in [-0.15, -0.1) is 0 Å². The molecule has 0 radical (unpaired) electrons. The fourth-order valence-electron chi connectivity index (χ4n) is 3.15. The molecule has 7 nitrogen and oxygen atoms in total. The van der Waals surface area contributed by atoms with Gasteiger partial charge in [0.15, 0.2) is 5.78 Å². The Kier molecular flexibility index (Phi) is 7.68. The Bertz CT molecular complexity index is 1190. The lowest BCUT2D eigenvalue weighted by Crippen LogP contribution is -2.21. The number of amides is 1. The number of nitrogens with one attached hydrogen (secondary N) is 2. The normalized spacial score (nSPS) is 10.5. The van der Waals surface area contributed by atoms with Gasteiger partial charge in [-0.25, -0.2) is 4.98 Å². The monoisotopic (exact) mass is 484 g/mol. The average molecular weight is 485 g/mol. The maximum Gasteiger partial charge on any atom is 0.257 e. The van der Waals surface area contributed by atoms with E-state index in [4.69, 9.17) is 33.3 Å². The molecule has 0 saturated carbocycles. The number of benzene rings is 2. The van der Waals surface area contributed by atoms with Crippen molar-refractivity contribution in [2.45, 2.75) is 6.42 Å². The first-order chi connectivity index (χ1) is 15.7. The lowest BCUT2D eigenvalue weighted by molar-refractivity contribution is 0.0991. The molecule has 1 aromatic heterocycles. The molecule has 0 saturated heterocycles. The second kappa shape index (κ2) is 10.5. The Morgan fingerprint density at radius 2 is 1.70 bits per heavy atom. The van der Waals surface area contributed by atoms with Crippen molar-refractivity contribution in [3.8, 4) is 5.75 Å². The SMILES string of the molecule is COc1cc(Cl)cc(C(=O)Nc2ccc(Cl)cn2)c1CC(=O)c1ccc(C(=N)N(C)C)cc1. The van der Waals surface area contributed by atoms with Gasteiger partial charge in [0.2, 0.25) is 0 Å². The van der Waals surface area contributed by atoms with Gasteiger partial charge in [0.1, 0.15) is 17.4 Å². The van der Waals surface area contributed by atoms with Crippen molar-refractivity contribution in [1.29, 1.82) is 5.41 Å². The number of anilines is 1. The van der Waals surface area contributed by atoms with Crippen LogP contribution in [0, 0.1) is 5.41 Å². The molecular formula is C24H22Cl2N4O3. The number of aromatic nitrogens is 1. The topological polar surface area (TPSA) is 95.4 Å². The molecule has 0 spiro atoms. The summed E-state index contributed by atoms with van der Waals surface area (Å²) in [6.45, 7) is 0. The van der Waals surface area contributed by atoms with Crippen LogP contribution >= 0.6 is 23.2 Å². The molecule has 170 valence electrons. The van der Waals surface area contributed by atoms with E-state index >= 15 is 0 Å². The third kappa shape index (κ3) is 5.88. The van der Waals surface area contributed by atoms with Crippen LogP contribution in [0.3, 0.4) is 0 Å². The summed E-state index contributed by atoms with van der Waals surface area (Å²) in [7, 11) is 5.00. The van der Waals surface area contributed by atoms with Crippen LogP contribution in [0.25, 0.3) is 0 Å². The van der Waals surface area contributed by atoms with Crippen molar-refractivity contribution in [2.24, 2.45) is 0 Å². The highest BCUT2D eigenvalue weighted by Crippen LogP contribution is 2.29. The molecule has 2 N–H and O–H groups in total. The first-order valence-corrected chi connectivity index (χ1v) is 10.6. The van der Waals surface area contributed by atoms with E-state index in [2.05, 4.69) is 10.3 Å². The summed E-state index contributed by atoms with van der Waals surface area (Å²) in [5.74, 6) is 0.277. The highest BCUT2D eigenvalue weighted by Gasteiger charge is 2.21. The largest absolute Gasteiger partial charge is 0.496 e. The summed E-state index contributed by atoms with van der Waals surface area (Å²) in [5, 5.41) is 11.5. The fourth-order valence-corrected chi connectivity index (χ4v) is 3.47. The van der Waals surface area contributed by atoms with E-state index in [-0.39, 0.29) is 17.8 Å². The molecule has 1 amide bonds. The molecule has 3 rings (SSSR count). The Morgan fingerprint density at radius 3 is 2.27 bits per heavy atom. The van der Waals surface area contributed by atoms with E-state index in [9.17, 15) is 9.59 Å². The molecule has 0 bridgehead atoms. The number of Topliss-reactive ketones (excluding diaryl/α,β-unsaturated/α-hetero) is 1. The predicted molar refractivity (Wildman–Crippen MR) is 130 cm³/mol. The Morgan fingerprint density at radius 1 is 1.03 bits per heavy atom. The van der Waals surface area contributed by atoms with E-state index in [0.717, 1.165) is 0 Å². The van der Waals surface area contributed by atoms with Crippen molar-refractivity contribution in [3.05, 3.63) is 87.0 Å². The molecule has 0 aliphatic carbocycles. The standard InChI is InChI=1S/C24H22Cl2N4O3/c1-30(2)23(27)15-6-4-14(5-7-15)20(31)12-18-19(10-17(26)11-21(18)33-3)24(32)29-22-9-8-16(25)13-28-22/h4-11,13,27H,12H2,1-3H3,(H,28,29,32). The molecule has 0 aliphatic rings. The van der Waals surface area contributed by atoms with Gasteiger partial charge in [-0.1, -0.05) is 47.5 Å². The number of carbonyl (C=O) groups is 2. The van der Waals surface area contributed by atoms with Crippen LogP contribution in [0.5, 0.6) is 5.75 Å². The summed E-state index contributed by atoms with van der Waals surface area (Å²) in [5.41, 5.74) is 1.75. The third-order valence-electron chi connectivity index (χ3n) is 4.87. The van der Waals surface area contributed by atoms with Crippen molar-refractivity contribution < 1.29 is 14.3 Å². The second-order valence-electron chi connectivity index (χ2n) is 7.37. The maximum atomic E-state index is 13.0. The Hall–Kier alpha value is -3.42. The zero-order valence-electron chi connectivity index (χ0n) is 18.3. The molecule has 9 heteroatoms. The van der Waals surface area contributed by atoms with E-state index in [1.807, 2.05) is 0 Å². The molecule has 3 aromatic rings. The first-order valence-electron chi connectivity index (χ1n) is 9.88. The van der Waals surface area contributed by atoms with Crippen molar-refractivity contribution >= 4 is 46.5 Å². The number of rotatable bonds is 7. The lowest BCUT2D eigenvalue weighted by Gasteiger charge is -2.15. The minimum absolute atomic E-state index is 0.0817. The predicted octanol–water partition coefficient (Wildman–Crippen LogP) is 4.96. The van der Waals surface area contributed by atoms with E-state index in [1.54, 1.807) is 61.5 Å². The molecule has 0 fully saturated rings. The van der Waals surface area contributed by atoms with E-state index < -0.39 is 5.91 Å². The average Bonchev–Trinajstić information content (AvgIpc) is 2.80. The van der Waals surface area contributed by atoms with Crippen LogP contribution in [-0.2, 0) is 6.42 Å². The number of halogens is 2. The number of pyridine rings is 1. The van der Waals surface area contributed by atoms with Gasteiger partial charge >= 0.3 is 0 Å². The number of methoxy groups -OCH3 is 1. The molecule has 0 aliphatic heterocycles. The minimum atomic E-state index is -0.483. The van der Waals surface area contributed by atoms with E-state index in [0.29, 0.717) is 44.1 Å². The highest BCUT2D eigenvalue weighted by atomic mass is 35.5. The summed E-state index contributed by atoms with van der Waals surface area (Å²) in [6, 6.07) is 13.0. The first kappa shape index (κ1) is 24.2. The Labute approximate surface area is 201 Å². The summed E-state index contributed by atoms with van der Waals surface area (Å²) in [6.07, 6.45) is 1.33. The molecular weight excluding hydrogens is 463 g/mol. The van der Waals surface area contributed by atoms with Gasteiger partial charge in [-0.2, -0.15) is 0 Å². The zero-order chi connectivity index (χ0) is 24.1. The van der Waals surface area contributed by atoms with Crippen LogP contribution < -0.4 is 10.1 Å². The van der Waals surface area contributed by atoms with Crippen LogP contribution in [0.2, 0.25) is 10.0 Å². The molecule has 0 atom stereocenters. The Balaban J connectivity index is 1.90. The molecule has 33 heavy (non-hydrogen) atoms. The number of nitrogens with zero attached hydrogens (tertiary/aromatic N) is 2. The highest BCUT2D eigenvalue weighted by molar-refractivity contribution is 6.31. The lowest BCUT2D eigenvalue weighted by atomic mass is 9.96. The summed E-state index contributed by atoms with van der Waals surface area (Å²) >= 11 is 12.0. The van der Waals surface area contributed by atoms with Crippen molar-refractivity contribution in [2.75, 3.05) is 26.5 Å². The maximum absolute atomic E-state index is 13.0. The van der Waals surface area contributed by atoms with Gasteiger partial charge in [-0.05, 0) is 24.3 Å². The van der Waals surface area contributed by atoms with Crippen LogP contribution in [0.15, 0.2) is 54.7 Å². The zero-order valence-corrected chi connectivity index (χ0v) is 19.8. The van der Waals surface area contributed by atoms with Crippen molar-refractivity contribution in [1.82, 2.24) is 9.88 Å². The number of amidine groups is 1. The number of ether oxygens (including phenoxy) is 1. The quantitative estimate of drug-likeness (QED) is 0.280. The number of ketones is 1. The third-order valence-corrected chi connectivity index (χ3v) is 5.31. The molecule has 2 aromatic carbocycles. The van der Waals surface area contributed by atoms with Gasteiger partial charge in [0.05, 0.1) is 12.1 Å². The fraction of sp³-hybridized carbons (Fsp3) is 0.167. The van der Waals surface area contributed by atoms with Gasteiger partial charge in [-0.3, -0.25) is 15.0 Å². The molecule has 1 heterocycles. The number of hydrogen-bond acceptors (Lipinski definition) is 5. The second-order valence-corrected chi connectivity index (χ2v) is 8.24. The van der Waals surface area contributed by atoms with Gasteiger partial charge in [0.25, 0.3) is 5.91 Å². The van der Waals surface area contributed by atoms with Crippen molar-refractivity contribution in [3.63, 3.8) is 0 Å². The smallest absolute Gasteiger partial charge is 0.257 e. The van der Waals surface area contributed by atoms with Crippen LogP contribution in [0.1, 0.15) is 31.8 Å². The molecule has 0 unspecified atom stereocenters. The summed E-state index contributed by atoms with van der Waals surface area (Å²) in [4.78, 5) is 31.8. The van der Waals surface area contributed by atoms with E-state index in [1.165, 1.54) is 19.4 Å². The minimum Gasteiger partial charge on any atom is -0.496 e. The van der Waals surface area contributed by atoms with Crippen LogP contribution in [-0.4, -0.2) is 48.6 Å². The van der Waals surface area contributed by atoms with Gasteiger partial charge < -0.3 is 15.0 Å². The summed E-state index contributed by atoms with van der Waals surface area (Å²) < 4.78 is 5.41. The number of hydrogen-bond donors (Lipinski definition) is 2. The van der Waals surface area contributed by atoms with Crippen LogP contribution in [0.4, 0.5) is 5.82 Å². The van der Waals surface area contributed by atoms with Gasteiger partial charge in [0, 0.05) is 54.0 Å².